The minimum atomic E-state index is -4.39. The summed E-state index contributed by atoms with van der Waals surface area (Å²) < 4.78 is 34.1. The summed E-state index contributed by atoms with van der Waals surface area (Å²) in [5.41, 5.74) is 0. The molecule has 0 bridgehead atoms. The predicted molar refractivity (Wildman–Crippen MR) is 219 cm³/mol. The van der Waals surface area contributed by atoms with E-state index in [2.05, 4.69) is 68.5 Å². The van der Waals surface area contributed by atoms with E-state index in [1.165, 1.54) is 51.4 Å². The summed E-state index contributed by atoms with van der Waals surface area (Å²) in [4.78, 5) is 35.2. The monoisotopic (exact) mass is 767 g/mol. The first-order valence-electron chi connectivity index (χ1n) is 20.5. The van der Waals surface area contributed by atoms with Crippen LogP contribution in [0.15, 0.2) is 60.8 Å². The minimum Gasteiger partial charge on any atom is -0.462 e. The lowest BCUT2D eigenvalue weighted by molar-refractivity contribution is -0.870. The molecule has 1 N–H and O–H groups in total. The number of nitrogens with zero attached hydrogens (tertiary/aromatic N) is 1. The average molecular weight is 767 g/mol. The summed E-state index contributed by atoms with van der Waals surface area (Å²) in [6, 6.07) is 0. The van der Waals surface area contributed by atoms with E-state index in [9.17, 15) is 19.0 Å². The van der Waals surface area contributed by atoms with Gasteiger partial charge < -0.3 is 18.9 Å². The van der Waals surface area contributed by atoms with Gasteiger partial charge in [-0.15, -0.1) is 0 Å². The number of hydrogen-bond acceptors (Lipinski definition) is 7. The fourth-order valence-electron chi connectivity index (χ4n) is 5.00. The Kier molecular flexibility index (Phi) is 33.9. The molecule has 0 aliphatic carbocycles. The molecule has 9 nitrogen and oxygen atoms in total. The third kappa shape index (κ3) is 39.2. The number of likely N-dealkylation sites (N-methyl/N-ethyl adjacent to an activating group) is 1. The van der Waals surface area contributed by atoms with Crippen LogP contribution in [0, 0.1) is 0 Å². The van der Waals surface area contributed by atoms with Gasteiger partial charge in [-0.3, -0.25) is 18.6 Å². The molecule has 0 heterocycles. The molecule has 10 heteroatoms. The van der Waals surface area contributed by atoms with Crippen LogP contribution >= 0.6 is 7.82 Å². The molecule has 0 rings (SSSR count). The molecule has 0 aromatic rings. The predicted octanol–water partition coefficient (Wildman–Crippen LogP) is 11.3. The maximum atomic E-state index is 12.6. The van der Waals surface area contributed by atoms with Gasteiger partial charge in [-0.25, -0.2) is 4.57 Å². The summed E-state index contributed by atoms with van der Waals surface area (Å²) >= 11 is 0. The first kappa shape index (κ1) is 50.7. The number of esters is 2. The number of rotatable bonds is 36. The van der Waals surface area contributed by atoms with Crippen molar-refractivity contribution >= 4 is 19.8 Å². The summed E-state index contributed by atoms with van der Waals surface area (Å²) in [5, 5.41) is 0. The normalized spacial score (nSPS) is 14.3. The third-order valence-corrected chi connectivity index (χ3v) is 9.25. The zero-order chi connectivity index (χ0) is 39.3. The fourth-order valence-corrected chi connectivity index (χ4v) is 5.74. The van der Waals surface area contributed by atoms with Crippen LogP contribution in [0.1, 0.15) is 149 Å². The van der Waals surface area contributed by atoms with Gasteiger partial charge in [0.1, 0.15) is 19.8 Å². The average Bonchev–Trinajstić information content (AvgIpc) is 3.10. The highest BCUT2D eigenvalue weighted by Gasteiger charge is 2.27. The Morgan fingerprint density at radius 1 is 0.585 bits per heavy atom. The second-order valence-electron chi connectivity index (χ2n) is 14.7. The molecule has 0 fully saturated rings. The van der Waals surface area contributed by atoms with Crippen LogP contribution in [0.25, 0.3) is 0 Å². The molecule has 0 saturated heterocycles. The molecule has 0 spiro atoms. The van der Waals surface area contributed by atoms with Crippen LogP contribution in [-0.2, 0) is 32.7 Å². The Hall–Kier alpha value is -2.29. The molecule has 0 radical (unpaired) electrons. The van der Waals surface area contributed by atoms with Crippen molar-refractivity contribution in [2.45, 2.75) is 155 Å². The van der Waals surface area contributed by atoms with Crippen molar-refractivity contribution in [3.8, 4) is 0 Å². The largest absolute Gasteiger partial charge is 0.472 e. The molecule has 0 aromatic carbocycles. The molecule has 0 saturated carbocycles. The Morgan fingerprint density at radius 2 is 1.04 bits per heavy atom. The van der Waals surface area contributed by atoms with E-state index in [4.69, 9.17) is 18.5 Å². The molecule has 2 atom stereocenters. The van der Waals surface area contributed by atoms with Gasteiger partial charge in [-0.05, 0) is 77.0 Å². The number of quaternary nitrogens is 1. The molecule has 0 aliphatic heterocycles. The number of carbonyl (C=O) groups excluding carboxylic acids is 2. The van der Waals surface area contributed by atoms with E-state index in [0.717, 1.165) is 57.8 Å². The van der Waals surface area contributed by atoms with E-state index in [1.54, 1.807) is 0 Å². The van der Waals surface area contributed by atoms with E-state index >= 15 is 0 Å². The Labute approximate surface area is 324 Å². The van der Waals surface area contributed by atoms with Gasteiger partial charge >= 0.3 is 19.8 Å². The Morgan fingerprint density at radius 3 is 1.58 bits per heavy atom. The lowest BCUT2D eigenvalue weighted by Gasteiger charge is -2.24. The zero-order valence-corrected chi connectivity index (χ0v) is 35.1. The lowest BCUT2D eigenvalue weighted by atomic mass is 10.1. The molecular weight excluding hydrogens is 689 g/mol. The SMILES string of the molecule is CCCCC/C=C/C/C=C/C/C=C/C/C=C/CCCC(=O)O[C@H](COC(=O)CCCCCCC/C=C/CCCCC)COP(=O)(O)OCC[N+](C)(C)C. The summed E-state index contributed by atoms with van der Waals surface area (Å²) in [7, 11) is 1.43. The van der Waals surface area contributed by atoms with Crippen molar-refractivity contribution in [3.63, 3.8) is 0 Å². The van der Waals surface area contributed by atoms with Crippen molar-refractivity contribution < 1.29 is 42.1 Å². The summed E-state index contributed by atoms with van der Waals surface area (Å²) in [6.45, 7) is 4.27. The van der Waals surface area contributed by atoms with Crippen LogP contribution < -0.4 is 0 Å². The number of carbonyl (C=O) groups is 2. The maximum Gasteiger partial charge on any atom is 0.472 e. The Balaban J connectivity index is 4.53. The van der Waals surface area contributed by atoms with Crippen LogP contribution in [0.2, 0.25) is 0 Å². The quantitative estimate of drug-likeness (QED) is 0.0221. The Bertz CT molecular complexity index is 1090. The van der Waals surface area contributed by atoms with Gasteiger partial charge in [0.25, 0.3) is 0 Å². The van der Waals surface area contributed by atoms with Crippen molar-refractivity contribution in [2.24, 2.45) is 0 Å². The van der Waals surface area contributed by atoms with Gasteiger partial charge in [-0.1, -0.05) is 120 Å². The molecule has 53 heavy (non-hydrogen) atoms. The number of ether oxygens (including phenoxy) is 2. The van der Waals surface area contributed by atoms with E-state index in [-0.39, 0.29) is 26.1 Å². The summed E-state index contributed by atoms with van der Waals surface area (Å²) in [6.07, 6.45) is 41.3. The second-order valence-corrected chi connectivity index (χ2v) is 16.1. The zero-order valence-electron chi connectivity index (χ0n) is 34.2. The smallest absolute Gasteiger partial charge is 0.462 e. The van der Waals surface area contributed by atoms with Crippen molar-refractivity contribution in [1.29, 1.82) is 0 Å². The number of allylic oxidation sites excluding steroid dienone is 10. The van der Waals surface area contributed by atoms with Gasteiger partial charge in [0, 0.05) is 12.8 Å². The molecule has 0 amide bonds. The van der Waals surface area contributed by atoms with Crippen molar-refractivity contribution in [2.75, 3.05) is 47.5 Å². The van der Waals surface area contributed by atoms with Crippen LogP contribution in [0.4, 0.5) is 0 Å². The number of hydrogen-bond donors (Lipinski definition) is 1. The number of unbranched alkanes of at least 4 members (excludes halogenated alkanes) is 12. The van der Waals surface area contributed by atoms with E-state index in [1.807, 2.05) is 27.2 Å². The van der Waals surface area contributed by atoms with Crippen LogP contribution in [0.3, 0.4) is 0 Å². The van der Waals surface area contributed by atoms with Gasteiger partial charge in [0.05, 0.1) is 27.7 Å². The van der Waals surface area contributed by atoms with Crippen LogP contribution in [-0.4, -0.2) is 74.9 Å². The highest BCUT2D eigenvalue weighted by atomic mass is 31.2. The minimum absolute atomic E-state index is 0.0178. The molecule has 0 aliphatic rings. The van der Waals surface area contributed by atoms with Crippen molar-refractivity contribution in [1.82, 2.24) is 0 Å². The molecule has 1 unspecified atom stereocenters. The molecule has 306 valence electrons. The highest BCUT2D eigenvalue weighted by molar-refractivity contribution is 7.47. The highest BCUT2D eigenvalue weighted by Crippen LogP contribution is 2.43. The van der Waals surface area contributed by atoms with Gasteiger partial charge in [0.2, 0.25) is 0 Å². The molecular formula is C43H77NO8P+. The van der Waals surface area contributed by atoms with Crippen LogP contribution in [0.5, 0.6) is 0 Å². The first-order chi connectivity index (χ1) is 25.5. The molecule has 0 aromatic heterocycles. The first-order valence-corrected chi connectivity index (χ1v) is 22.0. The maximum absolute atomic E-state index is 12.6. The summed E-state index contributed by atoms with van der Waals surface area (Å²) in [5.74, 6) is -0.881. The number of phosphoric acid groups is 1. The van der Waals surface area contributed by atoms with Gasteiger partial charge in [-0.2, -0.15) is 0 Å². The lowest BCUT2D eigenvalue weighted by Crippen LogP contribution is -2.37. The standard InChI is InChI=1S/C43H76NO8P/c1-6-8-10-12-14-16-18-20-21-22-23-24-26-28-30-32-34-36-43(46)52-41(40-51-53(47,48)50-38-37-44(3,4)5)39-49-42(45)35-33-31-29-27-25-19-17-15-13-11-9-7-2/h14-17,20-21,23-24,28,30,41H,6-13,18-19,22,25-27,29,31-40H2,1-5H3/p+1/b16-14+,17-15+,21-20+,24-23+,30-28+/t41-/m1/s1. The second kappa shape index (κ2) is 35.4. The topological polar surface area (TPSA) is 108 Å². The van der Waals surface area contributed by atoms with Gasteiger partial charge in [0.15, 0.2) is 6.10 Å². The number of phosphoric ester groups is 1. The fraction of sp³-hybridized carbons (Fsp3) is 0.721. The van der Waals surface area contributed by atoms with E-state index < -0.39 is 32.5 Å². The third-order valence-electron chi connectivity index (χ3n) is 8.27. The van der Waals surface area contributed by atoms with E-state index in [0.29, 0.717) is 23.9 Å². The van der Waals surface area contributed by atoms with Crippen molar-refractivity contribution in [3.05, 3.63) is 60.8 Å².